The predicted octanol–water partition coefficient (Wildman–Crippen LogP) is -0.00680. The van der Waals surface area contributed by atoms with Gasteiger partial charge in [-0.25, -0.2) is 0 Å². The Morgan fingerprint density at radius 1 is 0.459 bits per heavy atom. The number of hydrogen-bond acceptors (Lipinski definition) is 23. The number of ether oxygens (including phenoxy) is 6. The maximum atomic E-state index is 14.9. The summed E-state index contributed by atoms with van der Waals surface area (Å²) < 4.78 is 33.2. The number of nitrogens with two attached hydrogens (primary N) is 2. The van der Waals surface area contributed by atoms with Crippen molar-refractivity contribution in [1.82, 2.24) is 63.8 Å². The largest absolute Gasteiger partial charge is 0.508 e. The summed E-state index contributed by atoms with van der Waals surface area (Å²) >= 11 is 8.62. The highest BCUT2D eigenvalue weighted by Gasteiger charge is 2.34. The first-order valence-corrected chi connectivity index (χ1v) is 39.6. The van der Waals surface area contributed by atoms with E-state index in [4.69, 9.17) is 39.9 Å². The Morgan fingerprint density at radius 2 is 0.901 bits per heavy atom. The van der Waals surface area contributed by atoms with Gasteiger partial charge in [-0.05, 0) is 117 Å². The van der Waals surface area contributed by atoms with Gasteiger partial charge < -0.3 is 114 Å². The summed E-state index contributed by atoms with van der Waals surface area (Å²) in [6.07, 6.45) is 2.75. The van der Waals surface area contributed by atoms with Crippen LogP contribution in [0, 0.1) is 0 Å². The van der Waals surface area contributed by atoms with Crippen molar-refractivity contribution in [2.75, 3.05) is 130 Å². The van der Waals surface area contributed by atoms with E-state index in [1.54, 1.807) is 18.2 Å². The fourth-order valence-electron chi connectivity index (χ4n) is 10.9. The summed E-state index contributed by atoms with van der Waals surface area (Å²) in [4.78, 5) is 142. The standard InChI is InChI=1S/C76H125N15O18S2/c1-7-58(93)48-83-67(95)26-32-104-34-36-106-38-40-108-42-43-109-41-39-107-37-35-105-33-31-81-69(97)60(17-10-12-28-79-51(2)3)87-75(103)66(50-111)86-68(96)49-84-70(98)64(47-55-20-23-56-15-8-9-16-57(56)45-55)90-72(100)62(19-14-30-82-76(77)78)88-71(99)61(18-11-13-29-80-52(4)5)89-74(102)65(46-54-21-24-59(94)25-22-54)91-73(101)63(27-44-110)85-53(6)92/h8-9,15-16,20-25,45,51-52,58,60-66,79-80,93-94,110-111H,7,10-14,17-19,26-44,46-50H2,1-6H3,(H,81,97)(H,83,95)(H,84,98)(H,85,92)(H,86,96)(H,87,103)(H,88,99)(H,89,102)(H,90,100)(H,91,101)(H4,77,78,82)/t58-,60?,61?,62-,63?,64?,65?,66?/m1/s1. The van der Waals surface area contributed by atoms with Crippen LogP contribution in [0.5, 0.6) is 5.75 Å². The lowest BCUT2D eigenvalue weighted by atomic mass is 10.00. The summed E-state index contributed by atoms with van der Waals surface area (Å²) in [5.74, 6) is -6.78. The van der Waals surface area contributed by atoms with Crippen LogP contribution in [0.1, 0.15) is 123 Å². The number of aromatic hydroxyl groups is 1. The lowest BCUT2D eigenvalue weighted by Gasteiger charge is -2.27. The lowest BCUT2D eigenvalue weighted by Crippen LogP contribution is -2.60. The summed E-state index contributed by atoms with van der Waals surface area (Å²) in [7, 11) is 0. The molecule has 0 saturated carbocycles. The molecule has 8 atom stereocenters. The summed E-state index contributed by atoms with van der Waals surface area (Å²) in [6.45, 7) is 15.8. The number of rotatable bonds is 63. The average molecular weight is 1600 g/mol. The van der Waals surface area contributed by atoms with Crippen LogP contribution in [0.4, 0.5) is 0 Å². The Balaban J connectivity index is 1.70. The maximum absolute atomic E-state index is 14.9. The van der Waals surface area contributed by atoms with Crippen molar-refractivity contribution in [1.29, 1.82) is 0 Å². The predicted molar refractivity (Wildman–Crippen MR) is 430 cm³/mol. The molecule has 111 heavy (non-hydrogen) atoms. The Bertz CT molecular complexity index is 3250. The molecule has 10 amide bonds. The molecule has 3 aromatic rings. The van der Waals surface area contributed by atoms with E-state index in [1.165, 1.54) is 19.1 Å². The number of phenols is 1. The van der Waals surface area contributed by atoms with Gasteiger partial charge in [-0.1, -0.05) is 89.2 Å². The topological polar surface area (TPSA) is 475 Å². The van der Waals surface area contributed by atoms with E-state index in [2.05, 4.69) is 94.1 Å². The van der Waals surface area contributed by atoms with Crippen LogP contribution in [0.25, 0.3) is 10.8 Å². The number of nitrogens with zero attached hydrogens (tertiary/aromatic N) is 1. The summed E-state index contributed by atoms with van der Waals surface area (Å²) in [6, 6.07) is 10.6. The zero-order chi connectivity index (χ0) is 81.6. The Kier molecular flexibility index (Phi) is 51.5. The van der Waals surface area contributed by atoms with E-state index in [1.807, 2.05) is 71.0 Å². The van der Waals surface area contributed by atoms with Crippen LogP contribution in [-0.4, -0.2) is 266 Å². The van der Waals surface area contributed by atoms with Crippen LogP contribution in [0.3, 0.4) is 0 Å². The van der Waals surface area contributed by atoms with Crippen LogP contribution in [0.2, 0.25) is 0 Å². The first-order chi connectivity index (χ1) is 53.3. The molecule has 0 aliphatic rings. The second kappa shape index (κ2) is 58.8. The minimum Gasteiger partial charge on any atom is -0.508 e. The van der Waals surface area contributed by atoms with Gasteiger partial charge in [0.1, 0.15) is 48.0 Å². The molecule has 0 radical (unpaired) electrons. The number of aliphatic hydroxyl groups excluding tert-OH is 1. The second-order valence-electron chi connectivity index (χ2n) is 27.1. The molecule has 0 heterocycles. The molecule has 0 bridgehead atoms. The van der Waals surface area contributed by atoms with Crippen LogP contribution >= 0.6 is 25.3 Å². The van der Waals surface area contributed by atoms with Crippen molar-refractivity contribution in [3.63, 3.8) is 0 Å². The number of fused-ring (bicyclic) bond motifs is 1. The number of phenolic OH excluding ortho intramolecular Hbond substituents is 1. The highest BCUT2D eigenvalue weighted by molar-refractivity contribution is 7.80. The third-order valence-electron chi connectivity index (χ3n) is 16.9. The zero-order valence-electron chi connectivity index (χ0n) is 65.4. The molecule has 3 aromatic carbocycles. The monoisotopic (exact) mass is 1600 g/mol. The van der Waals surface area contributed by atoms with Crippen molar-refractivity contribution < 1.29 is 86.6 Å². The Morgan fingerprint density at radius 3 is 1.41 bits per heavy atom. The zero-order valence-corrected chi connectivity index (χ0v) is 67.2. The number of unbranched alkanes of at least 4 members (excludes halogenated alkanes) is 2. The van der Waals surface area contributed by atoms with Crippen LogP contribution < -0.4 is 75.3 Å². The van der Waals surface area contributed by atoms with E-state index in [-0.39, 0.29) is 139 Å². The summed E-state index contributed by atoms with van der Waals surface area (Å²) in [5, 5.41) is 55.2. The van der Waals surface area contributed by atoms with Gasteiger partial charge in [0.15, 0.2) is 5.96 Å². The molecular formula is C76H125N15O18S2. The highest BCUT2D eigenvalue weighted by atomic mass is 32.1. The highest BCUT2D eigenvalue weighted by Crippen LogP contribution is 2.18. The van der Waals surface area contributed by atoms with Crippen molar-refractivity contribution in [2.24, 2.45) is 16.5 Å². The number of carbonyl (C=O) groups excluding carboxylic acids is 10. The second-order valence-corrected chi connectivity index (χ2v) is 27.9. The molecule has 18 N–H and O–H groups in total. The molecule has 624 valence electrons. The van der Waals surface area contributed by atoms with Gasteiger partial charge in [-0.2, -0.15) is 25.3 Å². The van der Waals surface area contributed by atoms with E-state index in [0.717, 1.165) is 10.8 Å². The number of carbonyl (C=O) groups is 10. The summed E-state index contributed by atoms with van der Waals surface area (Å²) in [5.41, 5.74) is 12.5. The van der Waals surface area contributed by atoms with Gasteiger partial charge in [0.25, 0.3) is 0 Å². The molecule has 0 fully saturated rings. The van der Waals surface area contributed by atoms with Gasteiger partial charge in [0.2, 0.25) is 59.1 Å². The van der Waals surface area contributed by atoms with Gasteiger partial charge in [-0.15, -0.1) is 0 Å². The lowest BCUT2D eigenvalue weighted by molar-refractivity contribution is -0.135. The smallest absolute Gasteiger partial charge is 0.244 e. The van der Waals surface area contributed by atoms with Gasteiger partial charge in [-0.3, -0.25) is 52.9 Å². The van der Waals surface area contributed by atoms with E-state index < -0.39 is 108 Å². The average Bonchev–Trinajstić information content (AvgIpc) is 0.838. The van der Waals surface area contributed by atoms with Crippen molar-refractivity contribution in [3.05, 3.63) is 77.9 Å². The van der Waals surface area contributed by atoms with E-state index in [9.17, 15) is 58.2 Å². The number of guanidine groups is 1. The van der Waals surface area contributed by atoms with Crippen LogP contribution in [0.15, 0.2) is 71.7 Å². The number of hydrogen-bond donors (Lipinski definition) is 18. The third-order valence-corrected chi connectivity index (χ3v) is 17.6. The minimum atomic E-state index is -1.40. The Labute approximate surface area is 663 Å². The Hall–Kier alpha value is -7.97. The number of amides is 10. The quantitative estimate of drug-likeness (QED) is 0.0153. The van der Waals surface area contributed by atoms with Gasteiger partial charge >= 0.3 is 0 Å². The van der Waals surface area contributed by atoms with Gasteiger partial charge in [0.05, 0.1) is 91.9 Å². The molecule has 0 aromatic heterocycles. The fourth-order valence-corrected chi connectivity index (χ4v) is 11.4. The fraction of sp³-hybridized carbons (Fsp3) is 0.645. The number of benzene rings is 3. The molecule has 0 saturated heterocycles. The number of aliphatic hydroxyl groups is 1. The van der Waals surface area contributed by atoms with Gasteiger partial charge in [0, 0.05) is 63.7 Å². The van der Waals surface area contributed by atoms with Crippen molar-refractivity contribution in [2.45, 2.75) is 185 Å². The molecule has 35 heteroatoms. The number of nitrogens with one attached hydrogen (secondary N) is 12. The number of thiol groups is 2. The molecular weight excluding hydrogens is 1480 g/mol. The van der Waals surface area contributed by atoms with Crippen LogP contribution in [-0.2, 0) is 89.2 Å². The minimum absolute atomic E-state index is 0.0342. The molecule has 0 spiro atoms. The first-order valence-electron chi connectivity index (χ1n) is 38.4. The van der Waals surface area contributed by atoms with E-state index >= 15 is 0 Å². The first kappa shape index (κ1) is 97.2. The number of aliphatic imine (C=N–C) groups is 1. The van der Waals surface area contributed by atoms with Crippen molar-refractivity contribution >= 4 is 101 Å². The normalized spacial score (nSPS) is 13.5. The molecule has 0 aliphatic carbocycles. The third kappa shape index (κ3) is 45.4. The van der Waals surface area contributed by atoms with Crippen molar-refractivity contribution in [3.8, 4) is 5.75 Å². The molecule has 6 unspecified atom stereocenters. The molecule has 33 nitrogen and oxygen atoms in total. The van der Waals surface area contributed by atoms with E-state index in [0.29, 0.717) is 109 Å². The maximum Gasteiger partial charge on any atom is 0.244 e. The SMILES string of the molecule is CC[C@@H](O)CNC(=O)CCOCCOCCOCCOCCOCCOCCNC(=O)C(CCCCNC(C)C)NC(=O)C(CS)NC(=O)CNC(=O)C(Cc1ccc2ccccc2c1)NC(=O)[C@@H](CCCN=C(N)N)NC(=O)C(CCCCNC(C)C)NC(=O)C(Cc1ccc(O)cc1)NC(=O)C(CCS)NC(C)=O. The molecule has 0 aliphatic heterocycles. The molecule has 3 rings (SSSR count).